The first-order chi connectivity index (χ1) is 11.6. The van der Waals surface area contributed by atoms with Gasteiger partial charge < -0.3 is 10.6 Å². The smallest absolute Gasteiger partial charge is 0.243 e. The Labute approximate surface area is 155 Å². The summed E-state index contributed by atoms with van der Waals surface area (Å²) in [6.07, 6.45) is 4.54. The SMILES string of the molecule is Cl.O=C(CC1CCCN1)NCc1ccc(S(=O)(=O)N2CCCC2)cc1. The van der Waals surface area contributed by atoms with Crippen LogP contribution in [0.25, 0.3) is 0 Å². The number of benzene rings is 1. The van der Waals surface area contributed by atoms with Crippen LogP contribution in [0.15, 0.2) is 29.2 Å². The van der Waals surface area contributed by atoms with Gasteiger partial charge in [0.05, 0.1) is 4.90 Å². The van der Waals surface area contributed by atoms with Crippen molar-refractivity contribution in [3.05, 3.63) is 29.8 Å². The molecular formula is C17H26ClN3O3S. The normalized spacial score (nSPS) is 21.0. The molecule has 25 heavy (non-hydrogen) atoms. The maximum atomic E-state index is 12.5. The first kappa shape index (κ1) is 20.2. The molecule has 1 atom stereocenters. The Morgan fingerprint density at radius 1 is 1.16 bits per heavy atom. The third kappa shape index (κ3) is 5.17. The summed E-state index contributed by atoms with van der Waals surface area (Å²) in [6.45, 7) is 2.63. The van der Waals surface area contributed by atoms with Crippen molar-refractivity contribution in [2.24, 2.45) is 0 Å². The lowest BCUT2D eigenvalue weighted by Gasteiger charge is -2.15. The van der Waals surface area contributed by atoms with Crippen LogP contribution in [-0.4, -0.2) is 44.3 Å². The predicted molar refractivity (Wildman–Crippen MR) is 99.2 cm³/mol. The second-order valence-corrected chi connectivity index (χ2v) is 8.47. The van der Waals surface area contributed by atoms with Crippen molar-refractivity contribution in [1.29, 1.82) is 0 Å². The number of halogens is 1. The summed E-state index contributed by atoms with van der Waals surface area (Å²) in [7, 11) is -3.36. The molecule has 6 nitrogen and oxygen atoms in total. The third-order valence-corrected chi connectivity index (χ3v) is 6.62. The lowest BCUT2D eigenvalue weighted by molar-refractivity contribution is -0.121. The Kier molecular flexibility index (Phi) is 7.25. The molecule has 2 aliphatic rings. The molecule has 8 heteroatoms. The first-order valence-corrected chi connectivity index (χ1v) is 10.1. The van der Waals surface area contributed by atoms with Crippen LogP contribution in [0.2, 0.25) is 0 Å². The van der Waals surface area contributed by atoms with Gasteiger partial charge in [0.1, 0.15) is 0 Å². The molecule has 0 aromatic heterocycles. The summed E-state index contributed by atoms with van der Waals surface area (Å²) in [4.78, 5) is 12.2. The second-order valence-electron chi connectivity index (χ2n) is 6.53. The standard InChI is InChI=1S/C17H25N3O3S.ClH/c21-17(12-15-4-3-9-18-15)19-13-14-5-7-16(8-6-14)24(22,23)20-10-1-2-11-20;/h5-8,15,18H,1-4,9-13H2,(H,19,21);1H. The molecule has 0 aliphatic carbocycles. The van der Waals surface area contributed by atoms with Crippen LogP contribution in [0.1, 0.15) is 37.7 Å². The van der Waals surface area contributed by atoms with E-state index in [9.17, 15) is 13.2 Å². The molecule has 140 valence electrons. The topological polar surface area (TPSA) is 78.5 Å². The van der Waals surface area contributed by atoms with Gasteiger partial charge in [-0.1, -0.05) is 12.1 Å². The zero-order valence-corrected chi connectivity index (χ0v) is 15.9. The fourth-order valence-corrected chi connectivity index (χ4v) is 4.80. The van der Waals surface area contributed by atoms with E-state index < -0.39 is 10.0 Å². The molecular weight excluding hydrogens is 362 g/mol. The number of carbonyl (C=O) groups is 1. The average molecular weight is 388 g/mol. The van der Waals surface area contributed by atoms with Crippen LogP contribution in [-0.2, 0) is 21.4 Å². The Balaban J connectivity index is 0.00000225. The molecule has 0 bridgehead atoms. The van der Waals surface area contributed by atoms with Crippen molar-refractivity contribution in [1.82, 2.24) is 14.9 Å². The van der Waals surface area contributed by atoms with Gasteiger partial charge in [0.15, 0.2) is 0 Å². The lowest BCUT2D eigenvalue weighted by atomic mass is 10.1. The second kappa shape index (κ2) is 8.98. The van der Waals surface area contributed by atoms with E-state index in [2.05, 4.69) is 10.6 Å². The van der Waals surface area contributed by atoms with Gasteiger partial charge >= 0.3 is 0 Å². The molecule has 2 heterocycles. The number of carbonyl (C=O) groups excluding carboxylic acids is 1. The molecule has 1 unspecified atom stereocenters. The molecule has 0 saturated carbocycles. The molecule has 1 aromatic rings. The molecule has 3 rings (SSSR count). The summed E-state index contributed by atoms with van der Waals surface area (Å²) in [6, 6.07) is 7.10. The lowest BCUT2D eigenvalue weighted by Crippen LogP contribution is -2.31. The maximum absolute atomic E-state index is 12.5. The van der Waals surface area contributed by atoms with Gasteiger partial charge in [-0.05, 0) is 49.9 Å². The highest BCUT2D eigenvalue weighted by atomic mass is 35.5. The van der Waals surface area contributed by atoms with E-state index in [-0.39, 0.29) is 24.4 Å². The number of amides is 1. The van der Waals surface area contributed by atoms with Crippen molar-refractivity contribution >= 4 is 28.3 Å². The molecule has 1 amide bonds. The predicted octanol–water partition coefficient (Wildman–Crippen LogP) is 1.65. The van der Waals surface area contributed by atoms with Gasteiger partial charge in [0.2, 0.25) is 15.9 Å². The van der Waals surface area contributed by atoms with Crippen molar-refractivity contribution in [3.8, 4) is 0 Å². The molecule has 2 aliphatic heterocycles. The van der Waals surface area contributed by atoms with Gasteiger partial charge in [-0.2, -0.15) is 4.31 Å². The van der Waals surface area contributed by atoms with Crippen LogP contribution in [0.3, 0.4) is 0 Å². The first-order valence-electron chi connectivity index (χ1n) is 8.65. The number of nitrogens with one attached hydrogen (secondary N) is 2. The monoisotopic (exact) mass is 387 g/mol. The number of hydrogen-bond acceptors (Lipinski definition) is 4. The van der Waals surface area contributed by atoms with Crippen molar-refractivity contribution in [2.45, 2.75) is 49.6 Å². The van der Waals surface area contributed by atoms with Gasteiger partial charge in [-0.15, -0.1) is 12.4 Å². The Hall–Kier alpha value is -1.15. The summed E-state index contributed by atoms with van der Waals surface area (Å²) >= 11 is 0. The van der Waals surface area contributed by atoms with E-state index in [1.165, 1.54) is 0 Å². The van der Waals surface area contributed by atoms with Crippen LogP contribution in [0.4, 0.5) is 0 Å². The number of hydrogen-bond donors (Lipinski definition) is 2. The highest BCUT2D eigenvalue weighted by molar-refractivity contribution is 7.89. The number of sulfonamides is 1. The molecule has 1 aromatic carbocycles. The third-order valence-electron chi connectivity index (χ3n) is 4.71. The summed E-state index contributed by atoms with van der Waals surface area (Å²) in [5.41, 5.74) is 0.906. The van der Waals surface area contributed by atoms with E-state index in [1.807, 2.05) is 0 Å². The molecule has 2 fully saturated rings. The average Bonchev–Trinajstić information content (AvgIpc) is 3.27. The van der Waals surface area contributed by atoms with Gasteiger partial charge in [-0.25, -0.2) is 8.42 Å². The Morgan fingerprint density at radius 3 is 2.44 bits per heavy atom. The van der Waals surface area contributed by atoms with Gasteiger partial charge in [0.25, 0.3) is 0 Å². The van der Waals surface area contributed by atoms with Gasteiger partial charge in [0, 0.05) is 32.1 Å². The molecule has 2 N–H and O–H groups in total. The highest BCUT2D eigenvalue weighted by Crippen LogP contribution is 2.21. The summed E-state index contributed by atoms with van der Waals surface area (Å²) < 4.78 is 26.4. The minimum Gasteiger partial charge on any atom is -0.352 e. The van der Waals surface area contributed by atoms with Crippen molar-refractivity contribution < 1.29 is 13.2 Å². The zero-order chi connectivity index (χ0) is 17.0. The van der Waals surface area contributed by atoms with Gasteiger partial charge in [-0.3, -0.25) is 4.79 Å². The number of rotatable bonds is 6. The molecule has 0 radical (unpaired) electrons. The summed E-state index contributed by atoms with van der Waals surface area (Å²) in [5, 5.41) is 6.20. The van der Waals surface area contributed by atoms with Crippen LogP contribution < -0.4 is 10.6 Å². The van der Waals surface area contributed by atoms with E-state index in [1.54, 1.807) is 28.6 Å². The fourth-order valence-electron chi connectivity index (χ4n) is 3.28. The van der Waals surface area contributed by atoms with Crippen LogP contribution >= 0.6 is 12.4 Å². The molecule has 2 saturated heterocycles. The fraction of sp³-hybridized carbons (Fsp3) is 0.588. The quantitative estimate of drug-likeness (QED) is 0.778. The van der Waals surface area contributed by atoms with Crippen LogP contribution in [0.5, 0.6) is 0 Å². The largest absolute Gasteiger partial charge is 0.352 e. The Bertz CT molecular complexity index is 667. The van der Waals surface area contributed by atoms with Crippen molar-refractivity contribution in [2.75, 3.05) is 19.6 Å². The molecule has 0 spiro atoms. The van der Waals surface area contributed by atoms with Crippen molar-refractivity contribution in [3.63, 3.8) is 0 Å². The Morgan fingerprint density at radius 2 is 1.84 bits per heavy atom. The van der Waals surface area contributed by atoms with E-state index in [4.69, 9.17) is 0 Å². The van der Waals surface area contributed by atoms with E-state index in [0.717, 1.165) is 37.8 Å². The minimum absolute atomic E-state index is 0. The minimum atomic E-state index is -3.36. The summed E-state index contributed by atoms with van der Waals surface area (Å²) in [5.74, 6) is 0.0307. The highest BCUT2D eigenvalue weighted by Gasteiger charge is 2.26. The number of nitrogens with zero attached hydrogens (tertiary/aromatic N) is 1. The van der Waals surface area contributed by atoms with Crippen LogP contribution in [0, 0.1) is 0 Å². The zero-order valence-electron chi connectivity index (χ0n) is 14.2. The van der Waals surface area contributed by atoms with E-state index >= 15 is 0 Å². The van der Waals surface area contributed by atoms with E-state index in [0.29, 0.717) is 31.0 Å². The maximum Gasteiger partial charge on any atom is 0.243 e.